The Hall–Kier alpha value is -0.0700. The number of carbonyl (C=O) groups is 1. The van der Waals surface area contributed by atoms with Crippen LogP contribution in [0.3, 0.4) is 0 Å². The van der Waals surface area contributed by atoms with Crippen LogP contribution in [-0.4, -0.2) is 73.7 Å². The maximum absolute atomic E-state index is 13.4. The summed E-state index contributed by atoms with van der Waals surface area (Å²) in [5, 5.41) is 3.72. The van der Waals surface area contributed by atoms with Gasteiger partial charge in [-0.2, -0.15) is 0 Å². The van der Waals surface area contributed by atoms with Crippen molar-refractivity contribution in [2.45, 2.75) is 64.5 Å². The molecule has 3 aliphatic rings. The predicted octanol–water partition coefficient (Wildman–Crippen LogP) is 2.96. The first-order chi connectivity index (χ1) is 12.2. The second-order valence-electron chi connectivity index (χ2n) is 8.12. The van der Waals surface area contributed by atoms with E-state index in [1.807, 2.05) is 0 Å². The number of hydrogen-bond acceptors (Lipinski definition) is 4. The molecule has 1 amide bonds. The lowest BCUT2D eigenvalue weighted by molar-refractivity contribution is -0.142. The number of nitrogens with one attached hydrogen (secondary N) is 1. The Labute approximate surface area is 177 Å². The number of nitrogens with zero attached hydrogens (tertiary/aromatic N) is 2. The molecule has 0 aromatic heterocycles. The summed E-state index contributed by atoms with van der Waals surface area (Å²) in [6.45, 7) is 10.8. The Kier molecular flexibility index (Phi) is 11.5. The summed E-state index contributed by atoms with van der Waals surface area (Å²) in [5.41, 5.74) is 0. The van der Waals surface area contributed by atoms with Gasteiger partial charge in [-0.25, -0.2) is 0 Å². The molecule has 2 heterocycles. The van der Waals surface area contributed by atoms with E-state index in [9.17, 15) is 4.79 Å². The molecule has 160 valence electrons. The van der Waals surface area contributed by atoms with Gasteiger partial charge in [0.1, 0.15) is 0 Å². The topological polar surface area (TPSA) is 44.8 Å². The molecule has 2 saturated heterocycles. The highest BCUT2D eigenvalue weighted by molar-refractivity contribution is 5.85. The van der Waals surface area contributed by atoms with Gasteiger partial charge in [-0.3, -0.25) is 9.69 Å². The number of halogens is 2. The number of hydrogen-bond donors (Lipinski definition) is 1. The SMILES string of the molecule is CCC(CC)C(C(=O)N1CCC(NCC2CC2)CC1)N1CCOCC1.Cl.Cl. The molecule has 7 heteroatoms. The van der Waals surface area contributed by atoms with Gasteiger partial charge in [0.05, 0.1) is 19.3 Å². The number of ether oxygens (including phenoxy) is 1. The fourth-order valence-corrected chi connectivity index (χ4v) is 4.39. The van der Waals surface area contributed by atoms with Crippen LogP contribution in [0.4, 0.5) is 0 Å². The Morgan fingerprint density at radius 2 is 1.59 bits per heavy atom. The third-order valence-electron chi connectivity index (χ3n) is 6.39. The van der Waals surface area contributed by atoms with E-state index in [2.05, 4.69) is 29.0 Å². The zero-order valence-electron chi connectivity index (χ0n) is 17.0. The van der Waals surface area contributed by atoms with Crippen molar-refractivity contribution >= 4 is 30.7 Å². The highest BCUT2D eigenvalue weighted by Crippen LogP contribution is 2.28. The quantitative estimate of drug-likeness (QED) is 0.651. The van der Waals surface area contributed by atoms with Crippen LogP contribution in [-0.2, 0) is 9.53 Å². The van der Waals surface area contributed by atoms with Crippen LogP contribution in [0.5, 0.6) is 0 Å². The molecule has 1 aliphatic carbocycles. The van der Waals surface area contributed by atoms with Crippen molar-refractivity contribution in [1.29, 1.82) is 0 Å². The summed E-state index contributed by atoms with van der Waals surface area (Å²) in [4.78, 5) is 17.9. The Morgan fingerprint density at radius 1 is 1.00 bits per heavy atom. The Balaban J connectivity index is 0.00000182. The van der Waals surface area contributed by atoms with E-state index in [0.29, 0.717) is 17.9 Å². The second kappa shape index (κ2) is 12.5. The molecule has 0 radical (unpaired) electrons. The van der Waals surface area contributed by atoms with Crippen molar-refractivity contribution in [3.05, 3.63) is 0 Å². The predicted molar refractivity (Wildman–Crippen MR) is 115 cm³/mol. The van der Waals surface area contributed by atoms with Crippen LogP contribution in [0.2, 0.25) is 0 Å². The fourth-order valence-electron chi connectivity index (χ4n) is 4.39. The van der Waals surface area contributed by atoms with E-state index in [0.717, 1.165) is 71.0 Å². The van der Waals surface area contributed by atoms with Gasteiger partial charge >= 0.3 is 0 Å². The molecular weight excluding hydrogens is 385 g/mol. The van der Waals surface area contributed by atoms with E-state index in [1.165, 1.54) is 19.4 Å². The molecule has 2 aliphatic heterocycles. The van der Waals surface area contributed by atoms with Crippen LogP contribution in [0, 0.1) is 11.8 Å². The van der Waals surface area contributed by atoms with Crippen LogP contribution < -0.4 is 5.32 Å². The summed E-state index contributed by atoms with van der Waals surface area (Å²) < 4.78 is 5.51. The van der Waals surface area contributed by atoms with Crippen molar-refractivity contribution in [3.63, 3.8) is 0 Å². The molecule has 1 N–H and O–H groups in total. The molecule has 1 unspecified atom stereocenters. The Morgan fingerprint density at radius 3 is 2.11 bits per heavy atom. The molecule has 0 spiro atoms. The largest absolute Gasteiger partial charge is 0.379 e. The Bertz CT molecular complexity index is 419. The van der Waals surface area contributed by atoms with Crippen molar-refractivity contribution in [3.8, 4) is 0 Å². The summed E-state index contributed by atoms with van der Waals surface area (Å²) in [7, 11) is 0. The van der Waals surface area contributed by atoms with Crippen LogP contribution in [0.15, 0.2) is 0 Å². The van der Waals surface area contributed by atoms with Gasteiger partial charge in [0.25, 0.3) is 0 Å². The van der Waals surface area contributed by atoms with Crippen LogP contribution >= 0.6 is 24.8 Å². The summed E-state index contributed by atoms with van der Waals surface area (Å²) in [6.07, 6.45) is 7.17. The summed E-state index contributed by atoms with van der Waals surface area (Å²) >= 11 is 0. The van der Waals surface area contributed by atoms with Crippen molar-refractivity contribution in [2.75, 3.05) is 45.9 Å². The standard InChI is InChI=1S/C20H37N3O2.2ClH/c1-3-17(4-2)19(22-11-13-25-14-12-22)20(24)23-9-7-18(8-10-23)21-15-16-5-6-16;;/h16-19,21H,3-15H2,1-2H3;2*1H. The molecular formula is C20H39Cl2N3O2. The number of amides is 1. The maximum Gasteiger partial charge on any atom is 0.240 e. The first-order valence-electron chi connectivity index (χ1n) is 10.6. The second-order valence-corrected chi connectivity index (χ2v) is 8.12. The lowest BCUT2D eigenvalue weighted by Gasteiger charge is -2.42. The monoisotopic (exact) mass is 423 g/mol. The molecule has 0 aromatic rings. The minimum absolute atomic E-state index is 0. The van der Waals surface area contributed by atoms with Crippen molar-refractivity contribution < 1.29 is 9.53 Å². The normalized spacial score (nSPS) is 22.9. The van der Waals surface area contributed by atoms with Crippen LogP contribution in [0.25, 0.3) is 0 Å². The zero-order valence-corrected chi connectivity index (χ0v) is 18.7. The van der Waals surface area contributed by atoms with Gasteiger partial charge < -0.3 is 15.0 Å². The average molecular weight is 424 g/mol. The van der Waals surface area contributed by atoms with Gasteiger partial charge in [0.15, 0.2) is 0 Å². The van der Waals surface area contributed by atoms with Crippen molar-refractivity contribution in [2.24, 2.45) is 11.8 Å². The molecule has 1 saturated carbocycles. The first kappa shape index (κ1) is 25.0. The number of rotatable bonds is 8. The molecule has 0 aromatic carbocycles. The maximum atomic E-state index is 13.4. The number of carbonyl (C=O) groups excluding carboxylic acids is 1. The average Bonchev–Trinajstić information content (AvgIpc) is 3.49. The summed E-state index contributed by atoms with van der Waals surface area (Å²) in [6, 6.07) is 0.662. The van der Waals surface area contributed by atoms with Gasteiger partial charge in [0, 0.05) is 32.2 Å². The number of likely N-dealkylation sites (tertiary alicyclic amines) is 1. The fraction of sp³-hybridized carbons (Fsp3) is 0.950. The lowest BCUT2D eigenvalue weighted by Crippen LogP contribution is -2.57. The third-order valence-corrected chi connectivity index (χ3v) is 6.39. The van der Waals surface area contributed by atoms with E-state index in [1.54, 1.807) is 0 Å². The molecule has 5 nitrogen and oxygen atoms in total. The molecule has 3 fully saturated rings. The molecule has 27 heavy (non-hydrogen) atoms. The zero-order chi connectivity index (χ0) is 17.6. The minimum atomic E-state index is 0. The summed E-state index contributed by atoms with van der Waals surface area (Å²) in [5.74, 6) is 1.76. The van der Waals surface area contributed by atoms with Gasteiger partial charge in [-0.15, -0.1) is 24.8 Å². The van der Waals surface area contributed by atoms with E-state index in [4.69, 9.17) is 4.74 Å². The number of morpholine rings is 1. The van der Waals surface area contributed by atoms with E-state index >= 15 is 0 Å². The van der Waals surface area contributed by atoms with Gasteiger partial charge in [-0.1, -0.05) is 26.7 Å². The minimum Gasteiger partial charge on any atom is -0.379 e. The van der Waals surface area contributed by atoms with E-state index < -0.39 is 0 Å². The first-order valence-corrected chi connectivity index (χ1v) is 10.6. The third kappa shape index (κ3) is 7.04. The highest BCUT2D eigenvalue weighted by atomic mass is 35.5. The smallest absolute Gasteiger partial charge is 0.240 e. The number of piperidine rings is 1. The van der Waals surface area contributed by atoms with Crippen molar-refractivity contribution in [1.82, 2.24) is 15.1 Å². The van der Waals surface area contributed by atoms with E-state index in [-0.39, 0.29) is 30.9 Å². The highest BCUT2D eigenvalue weighted by Gasteiger charge is 2.36. The molecule has 3 rings (SSSR count). The van der Waals surface area contributed by atoms with Gasteiger partial charge in [0.2, 0.25) is 5.91 Å². The molecule has 1 atom stereocenters. The molecule has 0 bridgehead atoms. The van der Waals surface area contributed by atoms with Gasteiger partial charge in [-0.05, 0) is 44.1 Å². The lowest BCUT2D eigenvalue weighted by atomic mass is 9.90. The van der Waals surface area contributed by atoms with Crippen LogP contribution in [0.1, 0.15) is 52.4 Å².